The minimum Gasteiger partial charge on any atom is -0.497 e. The van der Waals surface area contributed by atoms with Crippen molar-refractivity contribution in [2.75, 3.05) is 23.9 Å². The molecule has 2 amide bonds. The van der Waals surface area contributed by atoms with Crippen molar-refractivity contribution in [2.45, 2.75) is 20.8 Å². The van der Waals surface area contributed by atoms with Gasteiger partial charge in [-0.1, -0.05) is 24.3 Å². The number of hydrogen-bond acceptors (Lipinski definition) is 5. The molecule has 0 bridgehead atoms. The van der Waals surface area contributed by atoms with Gasteiger partial charge in [-0.2, -0.15) is 0 Å². The van der Waals surface area contributed by atoms with Crippen LogP contribution in [0.5, 0.6) is 11.5 Å². The first-order valence-corrected chi connectivity index (χ1v) is 10.8. The summed E-state index contributed by atoms with van der Waals surface area (Å²) in [6.07, 6.45) is 0. The van der Waals surface area contributed by atoms with Gasteiger partial charge in [0.2, 0.25) is 0 Å². The lowest BCUT2D eigenvalue weighted by molar-refractivity contribution is -0.120. The molecule has 0 atom stereocenters. The molecule has 6 nitrogen and oxygen atoms in total. The van der Waals surface area contributed by atoms with Crippen molar-refractivity contribution < 1.29 is 19.1 Å². The van der Waals surface area contributed by atoms with Crippen molar-refractivity contribution in [1.82, 2.24) is 0 Å². The van der Waals surface area contributed by atoms with Gasteiger partial charge in [-0.15, -0.1) is 0 Å². The third-order valence-corrected chi connectivity index (χ3v) is 5.73. The van der Waals surface area contributed by atoms with Crippen LogP contribution in [0.15, 0.2) is 72.4 Å². The second-order valence-electron chi connectivity index (χ2n) is 7.72. The summed E-state index contributed by atoms with van der Waals surface area (Å²) in [6, 6.07) is 19.9. The number of carbonyl (C=O) groups excluding carboxylic acids is 2. The summed E-state index contributed by atoms with van der Waals surface area (Å²) >= 11 is 0. The van der Waals surface area contributed by atoms with Gasteiger partial charge in [0.25, 0.3) is 11.8 Å². The van der Waals surface area contributed by atoms with E-state index < -0.39 is 5.91 Å². The lowest BCUT2D eigenvalue weighted by Crippen LogP contribution is -2.32. The molecule has 0 saturated heterocycles. The number of amides is 2. The van der Waals surface area contributed by atoms with E-state index in [4.69, 9.17) is 9.47 Å². The van der Waals surface area contributed by atoms with Crippen LogP contribution in [0.25, 0.3) is 5.57 Å². The van der Waals surface area contributed by atoms with Crippen LogP contribution in [-0.2, 0) is 9.59 Å². The van der Waals surface area contributed by atoms with E-state index in [1.165, 1.54) is 4.90 Å². The van der Waals surface area contributed by atoms with Gasteiger partial charge < -0.3 is 14.8 Å². The Morgan fingerprint density at radius 3 is 2.15 bits per heavy atom. The van der Waals surface area contributed by atoms with Crippen LogP contribution < -0.4 is 19.7 Å². The van der Waals surface area contributed by atoms with Crippen LogP contribution in [-0.4, -0.2) is 25.5 Å². The van der Waals surface area contributed by atoms with Gasteiger partial charge in [-0.3, -0.25) is 9.59 Å². The maximum Gasteiger partial charge on any atom is 0.282 e. The Morgan fingerprint density at radius 1 is 0.848 bits per heavy atom. The highest BCUT2D eigenvalue weighted by Gasteiger charge is 2.40. The third kappa shape index (κ3) is 4.20. The second kappa shape index (κ2) is 9.20. The van der Waals surface area contributed by atoms with Crippen LogP contribution in [0.1, 0.15) is 23.6 Å². The van der Waals surface area contributed by atoms with Crippen LogP contribution >= 0.6 is 0 Å². The average Bonchev–Trinajstić information content (AvgIpc) is 3.07. The zero-order valence-corrected chi connectivity index (χ0v) is 19.1. The minimum absolute atomic E-state index is 0.243. The molecule has 0 unspecified atom stereocenters. The monoisotopic (exact) mass is 442 g/mol. The van der Waals surface area contributed by atoms with E-state index in [-0.39, 0.29) is 11.6 Å². The van der Waals surface area contributed by atoms with Gasteiger partial charge in [0.1, 0.15) is 17.2 Å². The normalized spacial score (nSPS) is 13.5. The number of benzene rings is 3. The van der Waals surface area contributed by atoms with Gasteiger partial charge >= 0.3 is 0 Å². The molecular weight excluding hydrogens is 416 g/mol. The summed E-state index contributed by atoms with van der Waals surface area (Å²) in [5.74, 6) is 0.555. The Labute approximate surface area is 193 Å². The molecule has 168 valence electrons. The standard InChI is InChI=1S/C27H26N2O4/c1-5-33-22-15-11-20(12-16-22)29-26(30)24(19-9-13-21(32-4)14-10-19)25(27(29)31)28-23-8-6-7-17(2)18(23)3/h6-16,28H,5H2,1-4H3. The summed E-state index contributed by atoms with van der Waals surface area (Å²) in [5.41, 5.74) is 4.56. The number of rotatable bonds is 7. The maximum absolute atomic E-state index is 13.6. The summed E-state index contributed by atoms with van der Waals surface area (Å²) < 4.78 is 10.7. The molecule has 0 aliphatic carbocycles. The number of carbonyl (C=O) groups is 2. The molecule has 0 aromatic heterocycles. The molecule has 1 N–H and O–H groups in total. The van der Waals surface area contributed by atoms with Crippen LogP contribution in [0.4, 0.5) is 11.4 Å². The topological polar surface area (TPSA) is 67.9 Å². The van der Waals surface area contributed by atoms with Gasteiger partial charge in [-0.05, 0) is 79.9 Å². The lowest BCUT2D eigenvalue weighted by Gasteiger charge is -2.16. The molecule has 3 aromatic carbocycles. The molecule has 1 aliphatic rings. The Hall–Kier alpha value is -4.06. The fourth-order valence-electron chi connectivity index (χ4n) is 3.78. The number of anilines is 2. The average molecular weight is 443 g/mol. The van der Waals surface area contributed by atoms with Crippen LogP contribution in [0, 0.1) is 13.8 Å². The van der Waals surface area contributed by atoms with E-state index >= 15 is 0 Å². The summed E-state index contributed by atoms with van der Waals surface area (Å²) in [5, 5.41) is 3.25. The van der Waals surface area contributed by atoms with E-state index in [2.05, 4.69) is 5.32 Å². The number of imide groups is 1. The minimum atomic E-state index is -0.407. The highest BCUT2D eigenvalue weighted by atomic mass is 16.5. The Bertz CT molecular complexity index is 1230. The van der Waals surface area contributed by atoms with Crippen molar-refractivity contribution in [2.24, 2.45) is 0 Å². The van der Waals surface area contributed by atoms with E-state index in [0.29, 0.717) is 34.9 Å². The van der Waals surface area contributed by atoms with E-state index in [1.807, 2.05) is 39.0 Å². The second-order valence-corrected chi connectivity index (χ2v) is 7.72. The molecule has 0 fully saturated rings. The number of aryl methyl sites for hydroxylation is 1. The van der Waals surface area contributed by atoms with E-state index in [1.54, 1.807) is 55.6 Å². The Morgan fingerprint density at radius 2 is 1.52 bits per heavy atom. The number of methoxy groups -OCH3 is 1. The van der Waals surface area contributed by atoms with Crippen LogP contribution in [0.3, 0.4) is 0 Å². The molecule has 0 radical (unpaired) electrons. The van der Waals surface area contributed by atoms with Crippen LogP contribution in [0.2, 0.25) is 0 Å². The van der Waals surface area contributed by atoms with Crippen molar-refractivity contribution in [3.05, 3.63) is 89.1 Å². The molecule has 1 aliphatic heterocycles. The van der Waals surface area contributed by atoms with Crippen molar-refractivity contribution in [3.8, 4) is 11.5 Å². The molecule has 33 heavy (non-hydrogen) atoms. The number of ether oxygens (including phenoxy) is 2. The third-order valence-electron chi connectivity index (χ3n) is 5.73. The Balaban J connectivity index is 1.79. The fraction of sp³-hybridized carbons (Fsp3) is 0.185. The molecule has 0 spiro atoms. The predicted molar refractivity (Wildman–Crippen MR) is 130 cm³/mol. The fourth-order valence-corrected chi connectivity index (χ4v) is 3.78. The number of nitrogens with one attached hydrogen (secondary N) is 1. The van der Waals surface area contributed by atoms with Crippen molar-refractivity contribution >= 4 is 28.8 Å². The zero-order valence-electron chi connectivity index (χ0n) is 19.1. The number of nitrogens with zero attached hydrogens (tertiary/aromatic N) is 1. The highest BCUT2D eigenvalue weighted by molar-refractivity contribution is 6.46. The van der Waals surface area contributed by atoms with E-state index in [0.717, 1.165) is 16.8 Å². The maximum atomic E-state index is 13.6. The molecule has 3 aromatic rings. The van der Waals surface area contributed by atoms with Gasteiger partial charge in [0.15, 0.2) is 0 Å². The first kappa shape index (κ1) is 22.1. The summed E-state index contributed by atoms with van der Waals surface area (Å²) in [6.45, 7) is 6.43. The first-order valence-electron chi connectivity index (χ1n) is 10.8. The van der Waals surface area contributed by atoms with Gasteiger partial charge in [0.05, 0.1) is 25.0 Å². The van der Waals surface area contributed by atoms with Crippen molar-refractivity contribution in [1.29, 1.82) is 0 Å². The van der Waals surface area contributed by atoms with Crippen molar-refractivity contribution in [3.63, 3.8) is 0 Å². The molecular formula is C27H26N2O4. The summed E-state index contributed by atoms with van der Waals surface area (Å²) in [7, 11) is 1.58. The number of hydrogen-bond donors (Lipinski definition) is 1. The lowest BCUT2D eigenvalue weighted by atomic mass is 10.0. The zero-order chi connectivity index (χ0) is 23.5. The van der Waals surface area contributed by atoms with Gasteiger partial charge in [0, 0.05) is 5.69 Å². The predicted octanol–water partition coefficient (Wildman–Crippen LogP) is 5.11. The first-order chi connectivity index (χ1) is 15.9. The quantitative estimate of drug-likeness (QED) is 0.515. The van der Waals surface area contributed by atoms with E-state index in [9.17, 15) is 9.59 Å². The molecule has 1 heterocycles. The molecule has 6 heteroatoms. The molecule has 4 rings (SSSR count). The SMILES string of the molecule is CCOc1ccc(N2C(=O)C(Nc3cccc(C)c3C)=C(c3ccc(OC)cc3)C2=O)cc1. The van der Waals surface area contributed by atoms with Gasteiger partial charge in [-0.25, -0.2) is 4.90 Å². The highest BCUT2D eigenvalue weighted by Crippen LogP contribution is 2.35. The Kier molecular flexibility index (Phi) is 6.18. The largest absolute Gasteiger partial charge is 0.497 e. The summed E-state index contributed by atoms with van der Waals surface area (Å²) in [4.78, 5) is 28.3. The smallest absolute Gasteiger partial charge is 0.282 e. The molecule has 0 saturated carbocycles.